The van der Waals surface area contributed by atoms with E-state index in [0.717, 1.165) is 28.6 Å². The van der Waals surface area contributed by atoms with Crippen molar-refractivity contribution in [3.8, 4) is 0 Å². The van der Waals surface area contributed by atoms with E-state index in [1.165, 1.54) is 0 Å². The molecule has 19 heavy (non-hydrogen) atoms. The molecule has 104 valence electrons. The summed E-state index contributed by atoms with van der Waals surface area (Å²) in [6, 6.07) is 0. The second-order valence-electron chi connectivity index (χ2n) is 4.61. The van der Waals surface area contributed by atoms with Gasteiger partial charge in [0.2, 0.25) is 0 Å². The van der Waals surface area contributed by atoms with Crippen LogP contribution in [0, 0.1) is 13.8 Å². The van der Waals surface area contributed by atoms with Crippen molar-refractivity contribution in [2.45, 2.75) is 46.3 Å². The van der Waals surface area contributed by atoms with E-state index < -0.39 is 6.10 Å². The van der Waals surface area contributed by atoms with Gasteiger partial charge in [0.05, 0.1) is 27.5 Å². The summed E-state index contributed by atoms with van der Waals surface area (Å²) in [5.74, 6) is 0. The first kappa shape index (κ1) is 14.5. The van der Waals surface area contributed by atoms with Crippen molar-refractivity contribution in [1.29, 1.82) is 0 Å². The average Bonchev–Trinajstić information content (AvgIpc) is 2.87. The minimum atomic E-state index is -0.482. The van der Waals surface area contributed by atoms with Crippen LogP contribution in [0.3, 0.4) is 0 Å². The van der Waals surface area contributed by atoms with Crippen molar-refractivity contribution in [1.82, 2.24) is 14.8 Å². The molecule has 0 radical (unpaired) electrons. The Morgan fingerprint density at radius 3 is 2.74 bits per heavy atom. The Hall–Kier alpha value is -0.910. The van der Waals surface area contributed by atoms with Gasteiger partial charge in [0.25, 0.3) is 0 Å². The number of aliphatic hydroxyl groups is 1. The Morgan fingerprint density at radius 2 is 2.16 bits per heavy atom. The number of aliphatic hydroxyl groups excluding tert-OH is 1. The molecule has 0 bridgehead atoms. The second-order valence-corrected chi connectivity index (χ2v) is 5.93. The highest BCUT2D eigenvalue weighted by Crippen LogP contribution is 2.22. The maximum Gasteiger partial charge on any atom is 0.0954 e. The molecule has 0 amide bonds. The van der Waals surface area contributed by atoms with Crippen LogP contribution in [-0.4, -0.2) is 26.0 Å². The van der Waals surface area contributed by atoms with Gasteiger partial charge in [0.15, 0.2) is 0 Å². The topological polar surface area (TPSA) is 50.9 Å². The van der Waals surface area contributed by atoms with Gasteiger partial charge in [-0.05, 0) is 20.8 Å². The predicted molar refractivity (Wildman–Crippen MR) is 77.9 cm³/mol. The molecule has 0 saturated carbocycles. The minimum Gasteiger partial charge on any atom is -0.392 e. The Labute approximate surface area is 122 Å². The molecule has 0 aliphatic carbocycles. The fourth-order valence-corrected chi connectivity index (χ4v) is 3.11. The highest BCUT2D eigenvalue weighted by atomic mass is 35.5. The van der Waals surface area contributed by atoms with Crippen molar-refractivity contribution in [3.63, 3.8) is 0 Å². The summed E-state index contributed by atoms with van der Waals surface area (Å²) >= 11 is 7.82. The van der Waals surface area contributed by atoms with Crippen molar-refractivity contribution in [2.24, 2.45) is 0 Å². The third-order valence-electron chi connectivity index (χ3n) is 2.96. The van der Waals surface area contributed by atoms with E-state index in [1.807, 2.05) is 30.8 Å². The fourth-order valence-electron chi connectivity index (χ4n) is 2.06. The molecule has 2 rings (SSSR count). The van der Waals surface area contributed by atoms with E-state index in [4.69, 9.17) is 11.6 Å². The van der Waals surface area contributed by atoms with E-state index in [-0.39, 0.29) is 0 Å². The normalized spacial score (nSPS) is 12.9. The van der Waals surface area contributed by atoms with Crippen molar-refractivity contribution in [3.05, 3.63) is 32.5 Å². The van der Waals surface area contributed by atoms with Gasteiger partial charge in [-0.2, -0.15) is 5.10 Å². The molecule has 2 heterocycles. The number of aryl methyl sites for hydroxylation is 3. The van der Waals surface area contributed by atoms with Gasteiger partial charge in [0, 0.05) is 30.5 Å². The maximum absolute atomic E-state index is 10.2. The lowest BCUT2D eigenvalue weighted by Crippen LogP contribution is -2.17. The quantitative estimate of drug-likeness (QED) is 0.923. The molecular formula is C13H18ClN3OS. The molecule has 0 fully saturated rings. The zero-order valence-corrected chi connectivity index (χ0v) is 12.9. The van der Waals surface area contributed by atoms with Gasteiger partial charge in [-0.1, -0.05) is 11.6 Å². The predicted octanol–water partition coefficient (Wildman–Crippen LogP) is 2.78. The van der Waals surface area contributed by atoms with Gasteiger partial charge < -0.3 is 5.11 Å². The minimum absolute atomic E-state index is 0.482. The van der Waals surface area contributed by atoms with E-state index in [1.54, 1.807) is 11.3 Å². The zero-order chi connectivity index (χ0) is 14.0. The van der Waals surface area contributed by atoms with Crippen LogP contribution in [0.4, 0.5) is 0 Å². The van der Waals surface area contributed by atoms with Crippen molar-refractivity contribution >= 4 is 22.9 Å². The molecule has 1 atom stereocenters. The number of nitrogens with zero attached hydrogens (tertiary/aromatic N) is 3. The maximum atomic E-state index is 10.2. The number of hydrogen-bond donors (Lipinski definition) is 1. The lowest BCUT2D eigenvalue weighted by Gasteiger charge is -2.10. The van der Waals surface area contributed by atoms with Gasteiger partial charge >= 0.3 is 0 Å². The van der Waals surface area contributed by atoms with E-state index in [0.29, 0.717) is 17.9 Å². The molecular weight excluding hydrogens is 282 g/mol. The van der Waals surface area contributed by atoms with Crippen molar-refractivity contribution < 1.29 is 5.11 Å². The molecule has 2 aromatic heterocycles. The Morgan fingerprint density at radius 1 is 1.42 bits per heavy atom. The number of halogens is 1. The summed E-state index contributed by atoms with van der Waals surface area (Å²) in [5.41, 5.74) is 2.72. The average molecular weight is 300 g/mol. The lowest BCUT2D eigenvalue weighted by atomic mass is 10.1. The van der Waals surface area contributed by atoms with Crippen LogP contribution in [-0.2, 0) is 19.4 Å². The van der Waals surface area contributed by atoms with E-state index in [2.05, 4.69) is 10.1 Å². The summed E-state index contributed by atoms with van der Waals surface area (Å²) in [7, 11) is 0. The summed E-state index contributed by atoms with van der Waals surface area (Å²) in [5, 5.41) is 18.2. The molecule has 1 N–H and O–H groups in total. The Balaban J connectivity index is 2.08. The van der Waals surface area contributed by atoms with Crippen LogP contribution < -0.4 is 0 Å². The highest BCUT2D eigenvalue weighted by molar-refractivity contribution is 7.09. The molecule has 0 saturated heterocycles. The van der Waals surface area contributed by atoms with Crippen LogP contribution in [0.5, 0.6) is 0 Å². The van der Waals surface area contributed by atoms with Gasteiger partial charge in [-0.3, -0.25) is 4.68 Å². The molecule has 0 aliphatic heterocycles. The van der Waals surface area contributed by atoms with Crippen LogP contribution in [0.2, 0.25) is 5.02 Å². The molecule has 0 spiro atoms. The number of hydrogen-bond acceptors (Lipinski definition) is 4. The van der Waals surface area contributed by atoms with Crippen LogP contribution in [0.15, 0.2) is 5.38 Å². The highest BCUT2D eigenvalue weighted by Gasteiger charge is 2.17. The molecule has 0 aromatic carbocycles. The van der Waals surface area contributed by atoms with Gasteiger partial charge in [-0.15, -0.1) is 11.3 Å². The first-order valence-electron chi connectivity index (χ1n) is 6.32. The molecule has 2 aromatic rings. The summed E-state index contributed by atoms with van der Waals surface area (Å²) in [6.45, 7) is 6.61. The molecule has 1 unspecified atom stereocenters. The summed E-state index contributed by atoms with van der Waals surface area (Å²) in [4.78, 5) is 4.37. The molecule has 4 nitrogen and oxygen atoms in total. The van der Waals surface area contributed by atoms with Crippen LogP contribution in [0.25, 0.3) is 0 Å². The molecule has 0 aliphatic rings. The van der Waals surface area contributed by atoms with Gasteiger partial charge in [0.1, 0.15) is 0 Å². The van der Waals surface area contributed by atoms with Crippen molar-refractivity contribution in [2.75, 3.05) is 0 Å². The zero-order valence-electron chi connectivity index (χ0n) is 11.4. The molecule has 6 heteroatoms. The Bertz CT molecular complexity index is 564. The third kappa shape index (κ3) is 3.35. The van der Waals surface area contributed by atoms with E-state index in [9.17, 15) is 5.11 Å². The van der Waals surface area contributed by atoms with Gasteiger partial charge in [-0.25, -0.2) is 4.98 Å². The third-order valence-corrected chi connectivity index (χ3v) is 4.44. The number of aromatic nitrogens is 3. The first-order valence-corrected chi connectivity index (χ1v) is 7.57. The fraction of sp³-hybridized carbons (Fsp3) is 0.538. The Kier molecular flexibility index (Phi) is 4.60. The van der Waals surface area contributed by atoms with E-state index >= 15 is 0 Å². The lowest BCUT2D eigenvalue weighted by molar-refractivity contribution is 0.172. The standard InChI is InChI=1S/C13H18ClN3OS/c1-4-17-11(13(14)9(3)16-17)5-10(18)6-12-15-8(2)7-19-12/h7,10,18H,4-6H2,1-3H3. The SMILES string of the molecule is CCn1nc(C)c(Cl)c1CC(O)Cc1nc(C)cs1. The summed E-state index contributed by atoms with van der Waals surface area (Å²) < 4.78 is 1.86. The van der Waals surface area contributed by atoms with Crippen LogP contribution >= 0.6 is 22.9 Å². The largest absolute Gasteiger partial charge is 0.392 e. The monoisotopic (exact) mass is 299 g/mol. The smallest absolute Gasteiger partial charge is 0.0954 e. The number of thiazole rings is 1. The summed E-state index contributed by atoms with van der Waals surface area (Å²) in [6.07, 6.45) is 0.582. The number of rotatable bonds is 5. The first-order chi connectivity index (χ1) is 9.01. The van der Waals surface area contributed by atoms with Crippen LogP contribution in [0.1, 0.15) is 29.0 Å². The second kappa shape index (κ2) is 6.03.